The van der Waals surface area contributed by atoms with E-state index in [-0.39, 0.29) is 18.0 Å². The third-order valence-electron chi connectivity index (χ3n) is 6.28. The van der Waals surface area contributed by atoms with E-state index in [4.69, 9.17) is 5.73 Å². The number of aromatic nitrogens is 1. The van der Waals surface area contributed by atoms with Gasteiger partial charge in [-0.05, 0) is 56.1 Å². The predicted octanol–water partition coefficient (Wildman–Crippen LogP) is 1.59. The number of likely N-dealkylation sites (tertiary alicyclic amines) is 2. The lowest BCUT2D eigenvalue weighted by Gasteiger charge is -2.45. The molecule has 9 nitrogen and oxygen atoms in total. The molecule has 0 spiro atoms. The summed E-state index contributed by atoms with van der Waals surface area (Å²) >= 11 is 0. The van der Waals surface area contributed by atoms with Crippen LogP contribution in [0, 0.1) is 18.8 Å². The number of urea groups is 1. The lowest BCUT2D eigenvalue weighted by atomic mass is 9.81. The Bertz CT molecular complexity index is 806. The van der Waals surface area contributed by atoms with Crippen molar-refractivity contribution in [3.05, 3.63) is 17.8 Å². The topological polar surface area (TPSA) is 121 Å². The molecule has 30 heavy (non-hydrogen) atoms. The van der Waals surface area contributed by atoms with Crippen LogP contribution in [0.1, 0.15) is 38.2 Å². The van der Waals surface area contributed by atoms with Crippen molar-refractivity contribution in [2.45, 2.75) is 45.6 Å². The summed E-state index contributed by atoms with van der Waals surface area (Å²) in [6.07, 6.45) is 5.04. The Labute approximate surface area is 177 Å². The summed E-state index contributed by atoms with van der Waals surface area (Å²) in [6, 6.07) is 1.67. The highest BCUT2D eigenvalue weighted by molar-refractivity contribution is 6.39. The van der Waals surface area contributed by atoms with Crippen molar-refractivity contribution >= 4 is 29.4 Å². The minimum atomic E-state index is -0.650. The monoisotopic (exact) mass is 416 g/mol. The Morgan fingerprint density at radius 3 is 2.50 bits per heavy atom. The van der Waals surface area contributed by atoms with E-state index in [1.54, 1.807) is 29.8 Å². The summed E-state index contributed by atoms with van der Waals surface area (Å²) < 4.78 is 0. The molecule has 0 aromatic carbocycles. The van der Waals surface area contributed by atoms with Crippen molar-refractivity contribution in [1.82, 2.24) is 20.1 Å². The number of anilines is 2. The molecule has 2 unspecified atom stereocenters. The number of nitrogens with two attached hydrogens (primary N) is 1. The van der Waals surface area contributed by atoms with Crippen molar-refractivity contribution in [2.75, 3.05) is 37.7 Å². The Morgan fingerprint density at radius 1 is 1.17 bits per heavy atom. The Balaban J connectivity index is 1.67. The van der Waals surface area contributed by atoms with Gasteiger partial charge in [0.15, 0.2) is 0 Å². The summed E-state index contributed by atoms with van der Waals surface area (Å²) in [6.45, 7) is 5.82. The molecular weight excluding hydrogens is 384 g/mol. The number of carbonyl (C=O) groups is 3. The highest BCUT2D eigenvalue weighted by Crippen LogP contribution is 2.32. The number of aryl methyl sites for hydroxylation is 1. The minimum absolute atomic E-state index is 0.0255. The fourth-order valence-corrected chi connectivity index (χ4v) is 4.51. The smallest absolute Gasteiger partial charge is 0.317 e. The van der Waals surface area contributed by atoms with Crippen LogP contribution in [0.2, 0.25) is 0 Å². The summed E-state index contributed by atoms with van der Waals surface area (Å²) in [4.78, 5) is 45.2. The highest BCUT2D eigenvalue weighted by Gasteiger charge is 2.39. The van der Waals surface area contributed by atoms with Gasteiger partial charge in [0.25, 0.3) is 0 Å². The maximum atomic E-state index is 13.1. The molecule has 2 atom stereocenters. The van der Waals surface area contributed by atoms with E-state index in [9.17, 15) is 14.4 Å². The van der Waals surface area contributed by atoms with Crippen LogP contribution in [0.4, 0.5) is 16.3 Å². The number of carbonyl (C=O) groups excluding carboxylic acids is 3. The van der Waals surface area contributed by atoms with Crippen LogP contribution in [-0.2, 0) is 9.59 Å². The van der Waals surface area contributed by atoms with Gasteiger partial charge in [0.05, 0.1) is 11.9 Å². The Hall–Kier alpha value is -2.84. The molecule has 4 N–H and O–H groups in total. The van der Waals surface area contributed by atoms with Crippen molar-refractivity contribution in [1.29, 1.82) is 0 Å². The predicted molar refractivity (Wildman–Crippen MR) is 115 cm³/mol. The number of nitrogen functional groups attached to an aromatic ring is 1. The van der Waals surface area contributed by atoms with E-state index in [2.05, 4.69) is 22.5 Å². The third-order valence-corrected chi connectivity index (χ3v) is 6.28. The number of nitrogens with zero attached hydrogens (tertiary/aromatic N) is 3. The van der Waals surface area contributed by atoms with Gasteiger partial charge < -0.3 is 26.2 Å². The second kappa shape index (κ2) is 9.32. The van der Waals surface area contributed by atoms with Crippen LogP contribution in [-0.4, -0.2) is 65.4 Å². The van der Waals surface area contributed by atoms with Crippen LogP contribution in [0.25, 0.3) is 0 Å². The molecule has 2 saturated heterocycles. The van der Waals surface area contributed by atoms with Crippen LogP contribution >= 0.6 is 0 Å². The summed E-state index contributed by atoms with van der Waals surface area (Å²) in [7, 11) is 1.63. The number of rotatable bonds is 2. The van der Waals surface area contributed by atoms with E-state index in [0.29, 0.717) is 37.1 Å². The van der Waals surface area contributed by atoms with Gasteiger partial charge in [0, 0.05) is 32.7 Å². The SMILES string of the molecule is CNC(=O)N1CCC(C2CCC(C)CN2C(=O)C(=O)Nc2cnc(N)c(C)c2)CC1. The van der Waals surface area contributed by atoms with E-state index in [1.807, 2.05) is 0 Å². The third kappa shape index (κ3) is 4.83. The number of hydrogen-bond acceptors (Lipinski definition) is 5. The first kappa shape index (κ1) is 21.9. The number of piperidine rings is 2. The second-order valence-electron chi connectivity index (χ2n) is 8.47. The van der Waals surface area contributed by atoms with Gasteiger partial charge in [-0.25, -0.2) is 9.78 Å². The molecule has 9 heteroatoms. The standard InChI is InChI=1S/C21H32N6O3/c1-13-4-5-17(15-6-8-26(9-7-15)21(30)23-3)27(12-13)20(29)19(28)25-16-10-14(2)18(22)24-11-16/h10-11,13,15,17H,4-9,12H2,1-3H3,(H2,22,24)(H,23,30)(H,25,28). The van der Waals surface area contributed by atoms with Gasteiger partial charge in [-0.15, -0.1) is 0 Å². The maximum absolute atomic E-state index is 13.1. The average molecular weight is 417 g/mol. The molecular formula is C21H32N6O3. The molecule has 2 fully saturated rings. The lowest BCUT2D eigenvalue weighted by molar-refractivity contribution is -0.148. The van der Waals surface area contributed by atoms with Crippen molar-refractivity contribution in [3.8, 4) is 0 Å². The van der Waals surface area contributed by atoms with E-state index >= 15 is 0 Å². The first-order valence-corrected chi connectivity index (χ1v) is 10.6. The largest absolute Gasteiger partial charge is 0.383 e. The van der Waals surface area contributed by atoms with Crippen molar-refractivity contribution < 1.29 is 14.4 Å². The Kier molecular flexibility index (Phi) is 6.79. The maximum Gasteiger partial charge on any atom is 0.317 e. The fraction of sp³-hybridized carbons (Fsp3) is 0.619. The van der Waals surface area contributed by atoms with Crippen molar-refractivity contribution in [3.63, 3.8) is 0 Å². The van der Waals surface area contributed by atoms with Gasteiger partial charge in [-0.3, -0.25) is 9.59 Å². The average Bonchev–Trinajstić information content (AvgIpc) is 2.75. The number of amides is 4. The number of hydrogen-bond donors (Lipinski definition) is 3. The van der Waals surface area contributed by atoms with Gasteiger partial charge in [-0.1, -0.05) is 6.92 Å². The van der Waals surface area contributed by atoms with Gasteiger partial charge in [0.1, 0.15) is 5.82 Å². The first-order valence-electron chi connectivity index (χ1n) is 10.6. The molecule has 3 heterocycles. The molecule has 4 amide bonds. The second-order valence-corrected chi connectivity index (χ2v) is 8.47. The molecule has 0 radical (unpaired) electrons. The van der Waals surface area contributed by atoms with E-state index in [1.165, 1.54) is 6.20 Å². The van der Waals surface area contributed by atoms with Gasteiger partial charge >= 0.3 is 17.8 Å². The zero-order valence-corrected chi connectivity index (χ0v) is 18.0. The van der Waals surface area contributed by atoms with Crippen LogP contribution in [0.3, 0.4) is 0 Å². The quantitative estimate of drug-likeness (QED) is 0.632. The normalized spacial score (nSPS) is 22.5. The van der Waals surface area contributed by atoms with Crippen LogP contribution in [0.5, 0.6) is 0 Å². The zero-order valence-electron chi connectivity index (χ0n) is 18.0. The summed E-state index contributed by atoms with van der Waals surface area (Å²) in [5.41, 5.74) is 6.92. The zero-order chi connectivity index (χ0) is 21.8. The minimum Gasteiger partial charge on any atom is -0.383 e. The van der Waals surface area contributed by atoms with Crippen LogP contribution < -0.4 is 16.4 Å². The molecule has 2 aliphatic heterocycles. The van der Waals surface area contributed by atoms with Gasteiger partial charge in [-0.2, -0.15) is 0 Å². The fourth-order valence-electron chi connectivity index (χ4n) is 4.51. The van der Waals surface area contributed by atoms with E-state index < -0.39 is 11.8 Å². The first-order chi connectivity index (χ1) is 14.3. The molecule has 1 aromatic rings. The molecule has 1 aromatic heterocycles. The lowest BCUT2D eigenvalue weighted by Crippen LogP contribution is -2.55. The highest BCUT2D eigenvalue weighted by atomic mass is 16.2. The van der Waals surface area contributed by atoms with Crippen molar-refractivity contribution in [2.24, 2.45) is 11.8 Å². The molecule has 0 aliphatic carbocycles. The Morgan fingerprint density at radius 2 is 1.87 bits per heavy atom. The van der Waals surface area contributed by atoms with Gasteiger partial charge in [0.2, 0.25) is 0 Å². The number of nitrogens with one attached hydrogen (secondary N) is 2. The molecule has 0 saturated carbocycles. The molecule has 2 aliphatic rings. The molecule has 0 bridgehead atoms. The summed E-state index contributed by atoms with van der Waals surface area (Å²) in [5, 5.41) is 5.33. The molecule has 3 rings (SSSR count). The molecule has 164 valence electrons. The van der Waals surface area contributed by atoms with E-state index in [0.717, 1.165) is 31.2 Å². The summed E-state index contributed by atoms with van der Waals surface area (Å²) in [5.74, 6) is -0.120. The number of pyridine rings is 1. The van der Waals surface area contributed by atoms with Crippen LogP contribution in [0.15, 0.2) is 12.3 Å².